The average molecular weight is 474 g/mol. The highest BCUT2D eigenvalue weighted by atomic mass is 16.5. The lowest BCUT2D eigenvalue weighted by atomic mass is 9.88. The molecule has 0 atom stereocenters. The Labute approximate surface area is 203 Å². The maximum atomic E-state index is 13.5. The van der Waals surface area contributed by atoms with Crippen LogP contribution in [0.4, 0.5) is 5.82 Å². The summed E-state index contributed by atoms with van der Waals surface area (Å²) in [6, 6.07) is 7.05. The van der Waals surface area contributed by atoms with E-state index in [0.717, 1.165) is 49.3 Å². The molecule has 0 saturated heterocycles. The molecule has 1 aliphatic rings. The zero-order valence-electron chi connectivity index (χ0n) is 19.5. The number of ether oxygens (including phenoxy) is 1. The van der Waals surface area contributed by atoms with E-state index < -0.39 is 5.97 Å². The second-order valence-electron chi connectivity index (χ2n) is 8.36. The van der Waals surface area contributed by atoms with Crippen molar-refractivity contribution in [3.05, 3.63) is 66.5 Å². The van der Waals surface area contributed by atoms with E-state index in [1.54, 1.807) is 55.0 Å². The average Bonchev–Trinajstić information content (AvgIpc) is 2.91. The number of carboxylic acid groups (broad SMARTS) is 1. The molecule has 4 rings (SSSR count). The molecule has 3 heterocycles. The Kier molecular flexibility index (Phi) is 7.77. The summed E-state index contributed by atoms with van der Waals surface area (Å²) in [7, 11) is 1.56. The summed E-state index contributed by atoms with van der Waals surface area (Å²) in [5.74, 6) is 0.319. The van der Waals surface area contributed by atoms with Crippen molar-refractivity contribution >= 4 is 23.8 Å². The van der Waals surface area contributed by atoms with Crippen LogP contribution in [0, 0.1) is 5.92 Å². The minimum atomic E-state index is -1.04. The zero-order valence-corrected chi connectivity index (χ0v) is 19.5. The van der Waals surface area contributed by atoms with E-state index in [0.29, 0.717) is 23.1 Å². The number of carboxylic acids is 1. The molecule has 0 unspecified atom stereocenters. The number of aliphatic carboxylic acids is 1. The van der Waals surface area contributed by atoms with E-state index in [-0.39, 0.29) is 18.4 Å². The molecule has 0 aliphatic heterocycles. The van der Waals surface area contributed by atoms with Gasteiger partial charge in [0.05, 0.1) is 13.7 Å². The Morgan fingerprint density at radius 3 is 2.43 bits per heavy atom. The summed E-state index contributed by atoms with van der Waals surface area (Å²) in [5, 5.41) is 8.94. The lowest BCUT2D eigenvalue weighted by molar-refractivity contribution is -0.131. The van der Waals surface area contributed by atoms with Crippen LogP contribution in [-0.4, -0.2) is 44.0 Å². The molecular weight excluding hydrogens is 446 g/mol. The smallest absolute Gasteiger partial charge is 0.328 e. The van der Waals surface area contributed by atoms with Crippen LogP contribution in [0.3, 0.4) is 0 Å². The molecule has 1 amide bonds. The van der Waals surface area contributed by atoms with Crippen molar-refractivity contribution in [3.8, 4) is 17.0 Å². The number of aromatic nitrogens is 4. The lowest BCUT2D eigenvalue weighted by Gasteiger charge is -2.28. The molecule has 1 fully saturated rings. The highest BCUT2D eigenvalue weighted by Gasteiger charge is 2.28. The van der Waals surface area contributed by atoms with Crippen LogP contribution in [0.25, 0.3) is 17.2 Å². The van der Waals surface area contributed by atoms with Gasteiger partial charge in [-0.1, -0.05) is 19.3 Å². The van der Waals surface area contributed by atoms with Gasteiger partial charge in [-0.3, -0.25) is 9.69 Å². The Hall–Kier alpha value is -4.14. The fraction of sp³-hybridized carbons (Fsp3) is 0.308. The number of methoxy groups -OCH3 is 1. The van der Waals surface area contributed by atoms with Crippen LogP contribution in [0.1, 0.15) is 43.5 Å². The maximum Gasteiger partial charge on any atom is 0.328 e. The number of carbonyl (C=O) groups excluding carboxylic acids is 1. The van der Waals surface area contributed by atoms with Crippen molar-refractivity contribution in [2.45, 2.75) is 38.6 Å². The van der Waals surface area contributed by atoms with Crippen LogP contribution in [0.15, 0.2) is 55.1 Å². The normalized spacial score (nSPS) is 14.1. The van der Waals surface area contributed by atoms with E-state index >= 15 is 0 Å². The molecule has 3 aromatic heterocycles. The number of hydrogen-bond donors (Lipinski definition) is 1. The fourth-order valence-corrected chi connectivity index (χ4v) is 4.09. The molecule has 9 heteroatoms. The molecule has 180 valence electrons. The van der Waals surface area contributed by atoms with Crippen molar-refractivity contribution in [3.63, 3.8) is 0 Å². The third-order valence-electron chi connectivity index (χ3n) is 5.97. The first-order valence-electron chi connectivity index (χ1n) is 11.5. The first-order valence-corrected chi connectivity index (χ1v) is 11.5. The molecule has 35 heavy (non-hydrogen) atoms. The molecule has 0 spiro atoms. The van der Waals surface area contributed by atoms with Gasteiger partial charge in [0.2, 0.25) is 11.8 Å². The standard InChI is InChI=1S/C26H27N5O4/c1-35-24-9-8-20(14-30-24)21-15-28-22(29-16-21)17-31(26(34)19-5-3-2-4-6-19)23-13-18(11-12-27-23)7-10-25(32)33/h7-16,19H,2-6,17H2,1H3,(H,32,33). The van der Waals surface area contributed by atoms with Gasteiger partial charge in [0.1, 0.15) is 11.6 Å². The van der Waals surface area contributed by atoms with E-state index in [1.165, 1.54) is 6.08 Å². The van der Waals surface area contributed by atoms with Gasteiger partial charge >= 0.3 is 5.97 Å². The van der Waals surface area contributed by atoms with Crippen LogP contribution >= 0.6 is 0 Å². The summed E-state index contributed by atoms with van der Waals surface area (Å²) >= 11 is 0. The minimum absolute atomic E-state index is 0.0106. The summed E-state index contributed by atoms with van der Waals surface area (Å²) in [6.07, 6.45) is 14.1. The Morgan fingerprint density at radius 1 is 1.03 bits per heavy atom. The lowest BCUT2D eigenvalue weighted by Crippen LogP contribution is -2.37. The van der Waals surface area contributed by atoms with Gasteiger partial charge in [0, 0.05) is 54.0 Å². The first-order chi connectivity index (χ1) is 17.0. The molecule has 1 saturated carbocycles. The van der Waals surface area contributed by atoms with E-state index in [2.05, 4.69) is 19.9 Å². The van der Waals surface area contributed by atoms with Gasteiger partial charge in [-0.05, 0) is 42.7 Å². The number of hydrogen-bond acceptors (Lipinski definition) is 7. The van der Waals surface area contributed by atoms with Gasteiger partial charge in [0.25, 0.3) is 0 Å². The summed E-state index contributed by atoms with van der Waals surface area (Å²) < 4.78 is 5.10. The fourth-order valence-electron chi connectivity index (χ4n) is 4.09. The van der Waals surface area contributed by atoms with Crippen molar-refractivity contribution in [1.29, 1.82) is 0 Å². The first kappa shape index (κ1) is 24.0. The predicted molar refractivity (Wildman–Crippen MR) is 130 cm³/mol. The monoisotopic (exact) mass is 473 g/mol. The van der Waals surface area contributed by atoms with Gasteiger partial charge < -0.3 is 9.84 Å². The highest BCUT2D eigenvalue weighted by molar-refractivity contribution is 5.94. The largest absolute Gasteiger partial charge is 0.481 e. The van der Waals surface area contributed by atoms with Crippen LogP contribution < -0.4 is 9.64 Å². The minimum Gasteiger partial charge on any atom is -0.481 e. The third kappa shape index (κ3) is 6.26. The van der Waals surface area contributed by atoms with Gasteiger partial charge in [-0.15, -0.1) is 0 Å². The maximum absolute atomic E-state index is 13.5. The van der Waals surface area contributed by atoms with Crippen molar-refractivity contribution < 1.29 is 19.4 Å². The molecule has 1 N–H and O–H groups in total. The topological polar surface area (TPSA) is 118 Å². The van der Waals surface area contributed by atoms with Crippen molar-refractivity contribution in [1.82, 2.24) is 19.9 Å². The number of carbonyl (C=O) groups is 2. The third-order valence-corrected chi connectivity index (χ3v) is 5.97. The summed E-state index contributed by atoms with van der Waals surface area (Å²) in [6.45, 7) is 0.162. The highest BCUT2D eigenvalue weighted by Crippen LogP contribution is 2.28. The number of amides is 1. The van der Waals surface area contributed by atoms with Crippen LogP contribution in [0.2, 0.25) is 0 Å². The molecule has 0 aromatic carbocycles. The van der Waals surface area contributed by atoms with Crippen LogP contribution in [0.5, 0.6) is 5.88 Å². The van der Waals surface area contributed by atoms with Crippen molar-refractivity contribution in [2.75, 3.05) is 12.0 Å². The summed E-state index contributed by atoms with van der Waals surface area (Å²) in [4.78, 5) is 43.7. The molecular formula is C26H27N5O4. The molecule has 9 nitrogen and oxygen atoms in total. The van der Waals surface area contributed by atoms with E-state index in [9.17, 15) is 9.59 Å². The van der Waals surface area contributed by atoms with Crippen molar-refractivity contribution in [2.24, 2.45) is 5.92 Å². The number of pyridine rings is 2. The summed E-state index contributed by atoms with van der Waals surface area (Å²) in [5.41, 5.74) is 2.29. The quantitative estimate of drug-likeness (QED) is 0.485. The Balaban J connectivity index is 1.59. The van der Waals surface area contributed by atoms with Gasteiger partial charge in [-0.2, -0.15) is 0 Å². The van der Waals surface area contributed by atoms with Crippen LogP contribution in [-0.2, 0) is 16.1 Å². The molecule has 3 aromatic rings. The molecule has 1 aliphatic carbocycles. The predicted octanol–water partition coefficient (Wildman–Crippen LogP) is 4.15. The Morgan fingerprint density at radius 2 is 1.77 bits per heavy atom. The second-order valence-corrected chi connectivity index (χ2v) is 8.36. The SMILES string of the molecule is COc1ccc(-c2cnc(CN(C(=O)C3CCCCC3)c3cc(C=CC(=O)O)ccn3)nc2)cn1. The van der Waals surface area contributed by atoms with E-state index in [4.69, 9.17) is 9.84 Å². The molecule has 0 bridgehead atoms. The number of anilines is 1. The van der Waals surface area contributed by atoms with E-state index in [1.807, 2.05) is 6.07 Å². The van der Waals surface area contributed by atoms with Gasteiger partial charge in [0.15, 0.2) is 0 Å². The second kappa shape index (κ2) is 11.3. The number of nitrogens with zero attached hydrogens (tertiary/aromatic N) is 5. The molecule has 0 radical (unpaired) electrons. The zero-order chi connectivity index (χ0) is 24.6. The number of rotatable bonds is 8. The van der Waals surface area contributed by atoms with Gasteiger partial charge in [-0.25, -0.2) is 24.7 Å². The Bertz CT molecular complexity index is 1190.